The Morgan fingerprint density at radius 2 is 2.29 bits per heavy atom. The lowest BCUT2D eigenvalue weighted by Crippen LogP contribution is -2.52. The number of nitrogens with zero attached hydrogens (tertiary/aromatic N) is 2. The second-order valence-corrected chi connectivity index (χ2v) is 4.58. The van der Waals surface area contributed by atoms with Crippen molar-refractivity contribution in [1.82, 2.24) is 9.80 Å². The SMILES string of the molecule is C#CCC(C)N1CCN2CCCC2C1. The van der Waals surface area contributed by atoms with Gasteiger partial charge in [-0.25, -0.2) is 0 Å². The fourth-order valence-electron chi connectivity index (χ4n) is 2.72. The van der Waals surface area contributed by atoms with Crippen LogP contribution >= 0.6 is 0 Å². The molecule has 2 aliphatic rings. The quantitative estimate of drug-likeness (QED) is 0.606. The lowest BCUT2D eigenvalue weighted by Gasteiger charge is -2.40. The van der Waals surface area contributed by atoms with E-state index in [9.17, 15) is 0 Å². The maximum Gasteiger partial charge on any atom is 0.0240 e. The average Bonchev–Trinajstić information content (AvgIpc) is 2.64. The highest BCUT2D eigenvalue weighted by Crippen LogP contribution is 2.22. The van der Waals surface area contributed by atoms with Crippen molar-refractivity contribution >= 4 is 0 Å². The molecule has 2 unspecified atom stereocenters. The van der Waals surface area contributed by atoms with Crippen LogP contribution in [0.1, 0.15) is 26.2 Å². The Bertz CT molecular complexity index is 231. The zero-order chi connectivity index (χ0) is 9.97. The van der Waals surface area contributed by atoms with Gasteiger partial charge in [0.05, 0.1) is 0 Å². The van der Waals surface area contributed by atoms with Crippen LogP contribution in [0, 0.1) is 12.3 Å². The number of hydrogen-bond acceptors (Lipinski definition) is 2. The van der Waals surface area contributed by atoms with Crippen LogP contribution in [0.25, 0.3) is 0 Å². The molecule has 0 aliphatic carbocycles. The molecule has 2 saturated heterocycles. The summed E-state index contributed by atoms with van der Waals surface area (Å²) < 4.78 is 0. The predicted octanol–water partition coefficient (Wildman–Crippen LogP) is 1.18. The molecule has 2 aliphatic heterocycles. The minimum absolute atomic E-state index is 0.572. The summed E-state index contributed by atoms with van der Waals surface area (Å²) >= 11 is 0. The minimum atomic E-state index is 0.572. The monoisotopic (exact) mass is 192 g/mol. The molecule has 0 N–H and O–H groups in total. The Morgan fingerprint density at radius 3 is 3.07 bits per heavy atom. The molecule has 0 spiro atoms. The summed E-state index contributed by atoms with van der Waals surface area (Å²) in [7, 11) is 0. The van der Waals surface area contributed by atoms with E-state index in [1.165, 1.54) is 39.0 Å². The zero-order valence-electron chi connectivity index (χ0n) is 9.08. The maximum absolute atomic E-state index is 5.36. The first-order valence-electron chi connectivity index (χ1n) is 5.73. The lowest BCUT2D eigenvalue weighted by molar-refractivity contribution is 0.0787. The molecule has 2 fully saturated rings. The van der Waals surface area contributed by atoms with E-state index >= 15 is 0 Å². The fourth-order valence-corrected chi connectivity index (χ4v) is 2.72. The summed E-state index contributed by atoms with van der Waals surface area (Å²) in [6.45, 7) is 7.27. The molecule has 2 heterocycles. The summed E-state index contributed by atoms with van der Waals surface area (Å²) in [6.07, 6.45) is 9.03. The Kier molecular flexibility index (Phi) is 3.10. The molecule has 2 nitrogen and oxygen atoms in total. The lowest BCUT2D eigenvalue weighted by atomic mass is 10.1. The van der Waals surface area contributed by atoms with E-state index in [0.29, 0.717) is 6.04 Å². The Labute approximate surface area is 87.3 Å². The second kappa shape index (κ2) is 4.33. The number of rotatable bonds is 2. The van der Waals surface area contributed by atoms with Crippen LogP contribution in [0.4, 0.5) is 0 Å². The van der Waals surface area contributed by atoms with E-state index in [0.717, 1.165) is 12.5 Å². The molecule has 0 bridgehead atoms. The molecule has 2 atom stereocenters. The van der Waals surface area contributed by atoms with Gasteiger partial charge in [0.25, 0.3) is 0 Å². The van der Waals surface area contributed by atoms with Crippen molar-refractivity contribution in [3.8, 4) is 12.3 Å². The van der Waals surface area contributed by atoms with E-state index < -0.39 is 0 Å². The molecule has 0 aromatic carbocycles. The van der Waals surface area contributed by atoms with Gasteiger partial charge in [0.2, 0.25) is 0 Å². The molecule has 0 amide bonds. The van der Waals surface area contributed by atoms with Crippen molar-refractivity contribution in [2.24, 2.45) is 0 Å². The van der Waals surface area contributed by atoms with E-state index in [-0.39, 0.29) is 0 Å². The highest BCUT2D eigenvalue weighted by atomic mass is 15.3. The van der Waals surface area contributed by atoms with Crippen LogP contribution in [-0.2, 0) is 0 Å². The van der Waals surface area contributed by atoms with Crippen LogP contribution < -0.4 is 0 Å². The topological polar surface area (TPSA) is 6.48 Å². The van der Waals surface area contributed by atoms with Crippen molar-refractivity contribution in [2.75, 3.05) is 26.2 Å². The van der Waals surface area contributed by atoms with Gasteiger partial charge >= 0.3 is 0 Å². The number of fused-ring (bicyclic) bond motifs is 1. The van der Waals surface area contributed by atoms with Gasteiger partial charge in [-0.3, -0.25) is 9.80 Å². The molecule has 0 radical (unpaired) electrons. The fraction of sp³-hybridized carbons (Fsp3) is 0.833. The van der Waals surface area contributed by atoms with Gasteiger partial charge in [0, 0.05) is 38.1 Å². The molecule has 14 heavy (non-hydrogen) atoms. The van der Waals surface area contributed by atoms with Crippen molar-refractivity contribution in [1.29, 1.82) is 0 Å². The Hall–Kier alpha value is -0.520. The normalized spacial score (nSPS) is 31.0. The number of piperazine rings is 1. The third-order valence-electron chi connectivity index (χ3n) is 3.66. The maximum atomic E-state index is 5.36. The Morgan fingerprint density at radius 1 is 1.43 bits per heavy atom. The van der Waals surface area contributed by atoms with Gasteiger partial charge in [0.1, 0.15) is 0 Å². The van der Waals surface area contributed by atoms with E-state index in [1.54, 1.807) is 0 Å². The molecular formula is C12H20N2. The summed E-state index contributed by atoms with van der Waals surface area (Å²) in [4.78, 5) is 5.20. The average molecular weight is 192 g/mol. The van der Waals surface area contributed by atoms with Gasteiger partial charge < -0.3 is 0 Å². The zero-order valence-corrected chi connectivity index (χ0v) is 9.08. The van der Waals surface area contributed by atoms with Crippen molar-refractivity contribution < 1.29 is 0 Å². The first kappa shape index (κ1) is 10.0. The van der Waals surface area contributed by atoms with Gasteiger partial charge in [-0.05, 0) is 26.3 Å². The molecule has 2 heteroatoms. The van der Waals surface area contributed by atoms with E-state index in [1.807, 2.05) is 0 Å². The molecule has 0 aromatic rings. The van der Waals surface area contributed by atoms with E-state index in [2.05, 4.69) is 22.6 Å². The van der Waals surface area contributed by atoms with Crippen LogP contribution in [0.5, 0.6) is 0 Å². The minimum Gasteiger partial charge on any atom is -0.298 e. The number of terminal acetylenes is 1. The number of hydrogen-bond donors (Lipinski definition) is 0. The van der Waals surface area contributed by atoms with Crippen LogP contribution in [-0.4, -0.2) is 48.1 Å². The first-order valence-corrected chi connectivity index (χ1v) is 5.73. The molecular weight excluding hydrogens is 172 g/mol. The molecule has 0 saturated carbocycles. The predicted molar refractivity (Wildman–Crippen MR) is 59.1 cm³/mol. The first-order chi connectivity index (χ1) is 6.81. The largest absolute Gasteiger partial charge is 0.298 e. The summed E-state index contributed by atoms with van der Waals surface area (Å²) in [5.74, 6) is 2.77. The van der Waals surface area contributed by atoms with Crippen molar-refractivity contribution in [2.45, 2.75) is 38.3 Å². The van der Waals surface area contributed by atoms with E-state index in [4.69, 9.17) is 6.42 Å². The van der Waals surface area contributed by atoms with Gasteiger partial charge in [-0.2, -0.15) is 0 Å². The van der Waals surface area contributed by atoms with Crippen LogP contribution in [0.15, 0.2) is 0 Å². The second-order valence-electron chi connectivity index (χ2n) is 4.58. The van der Waals surface area contributed by atoms with Crippen molar-refractivity contribution in [3.05, 3.63) is 0 Å². The standard InChI is InChI=1S/C12H20N2/c1-3-5-11(2)14-9-8-13-7-4-6-12(13)10-14/h1,11-12H,4-10H2,2H3. The highest BCUT2D eigenvalue weighted by Gasteiger charge is 2.31. The van der Waals surface area contributed by atoms with Gasteiger partial charge in [0.15, 0.2) is 0 Å². The van der Waals surface area contributed by atoms with Gasteiger partial charge in [-0.15, -0.1) is 12.3 Å². The smallest absolute Gasteiger partial charge is 0.0240 e. The van der Waals surface area contributed by atoms with Crippen molar-refractivity contribution in [3.63, 3.8) is 0 Å². The molecule has 0 aromatic heterocycles. The highest BCUT2D eigenvalue weighted by molar-refractivity contribution is 4.93. The van der Waals surface area contributed by atoms with Crippen LogP contribution in [0.2, 0.25) is 0 Å². The third kappa shape index (κ3) is 1.94. The Balaban J connectivity index is 1.88. The van der Waals surface area contributed by atoms with Crippen LogP contribution in [0.3, 0.4) is 0 Å². The summed E-state index contributed by atoms with van der Waals surface area (Å²) in [5, 5.41) is 0. The summed E-state index contributed by atoms with van der Waals surface area (Å²) in [5.41, 5.74) is 0. The molecule has 78 valence electrons. The molecule has 2 rings (SSSR count). The third-order valence-corrected chi connectivity index (χ3v) is 3.66. The van der Waals surface area contributed by atoms with Gasteiger partial charge in [-0.1, -0.05) is 0 Å². The summed E-state index contributed by atoms with van der Waals surface area (Å²) in [6, 6.07) is 1.40.